The molecule has 2 N–H and O–H groups in total. The summed E-state index contributed by atoms with van der Waals surface area (Å²) >= 11 is 0. The van der Waals surface area contributed by atoms with Crippen LogP contribution in [0.25, 0.3) is 6.08 Å². The van der Waals surface area contributed by atoms with Crippen LogP contribution in [0.15, 0.2) is 41.2 Å². The maximum atomic E-state index is 11.9. The summed E-state index contributed by atoms with van der Waals surface area (Å²) in [7, 11) is 0. The van der Waals surface area contributed by atoms with Gasteiger partial charge in [-0.15, -0.1) is 0 Å². The zero-order valence-corrected chi connectivity index (χ0v) is 13.1. The van der Waals surface area contributed by atoms with Gasteiger partial charge in [-0.3, -0.25) is 9.59 Å². The maximum Gasteiger partial charge on any atom is 0.253 e. The van der Waals surface area contributed by atoms with Crippen molar-refractivity contribution in [1.82, 2.24) is 10.3 Å². The number of aromatic amines is 1. The molecule has 0 aliphatic rings. The molecule has 1 aromatic carbocycles. The lowest BCUT2D eigenvalue weighted by molar-refractivity contribution is -0.116. The van der Waals surface area contributed by atoms with Crippen LogP contribution in [-0.2, 0) is 11.3 Å². The minimum Gasteiger partial charge on any atom is -0.348 e. The second-order valence-corrected chi connectivity index (χ2v) is 5.40. The number of hydrogen-bond donors (Lipinski definition) is 2. The average Bonchev–Trinajstić information content (AvgIpc) is 2.45. The van der Waals surface area contributed by atoms with Crippen LogP contribution in [0.1, 0.15) is 27.9 Å². The first-order valence-electron chi connectivity index (χ1n) is 7.17. The Bertz CT molecular complexity index is 756. The molecule has 0 radical (unpaired) electrons. The van der Waals surface area contributed by atoms with Gasteiger partial charge >= 0.3 is 0 Å². The van der Waals surface area contributed by atoms with Crippen LogP contribution in [0.3, 0.4) is 0 Å². The zero-order chi connectivity index (χ0) is 16.1. The van der Waals surface area contributed by atoms with E-state index in [1.165, 1.54) is 11.6 Å². The lowest BCUT2D eigenvalue weighted by Crippen LogP contribution is -2.26. The summed E-state index contributed by atoms with van der Waals surface area (Å²) in [5.74, 6) is -0.222. The van der Waals surface area contributed by atoms with Gasteiger partial charge in [0.2, 0.25) is 5.91 Å². The number of carbonyl (C=O) groups is 1. The van der Waals surface area contributed by atoms with E-state index in [-0.39, 0.29) is 18.0 Å². The van der Waals surface area contributed by atoms with Crippen LogP contribution in [-0.4, -0.2) is 10.9 Å². The van der Waals surface area contributed by atoms with E-state index in [9.17, 15) is 9.59 Å². The second-order valence-electron chi connectivity index (χ2n) is 5.40. The fourth-order valence-corrected chi connectivity index (χ4v) is 2.19. The predicted molar refractivity (Wildman–Crippen MR) is 88.6 cm³/mol. The Kier molecular flexibility index (Phi) is 4.94. The molecule has 0 aliphatic carbocycles. The summed E-state index contributed by atoms with van der Waals surface area (Å²) in [6.07, 6.45) is 3.23. The molecule has 4 nitrogen and oxygen atoms in total. The fourth-order valence-electron chi connectivity index (χ4n) is 2.19. The molecule has 0 atom stereocenters. The van der Waals surface area contributed by atoms with E-state index in [1.807, 2.05) is 51.1 Å². The lowest BCUT2D eigenvalue weighted by atomic mass is 10.1. The summed E-state index contributed by atoms with van der Waals surface area (Å²) in [5.41, 5.74) is 4.27. The Labute approximate surface area is 129 Å². The number of benzene rings is 1. The number of H-pyrrole nitrogens is 1. The molecule has 1 heterocycles. The van der Waals surface area contributed by atoms with Gasteiger partial charge in [0.15, 0.2) is 0 Å². The van der Waals surface area contributed by atoms with Crippen molar-refractivity contribution in [3.05, 3.63) is 74.7 Å². The molecule has 2 rings (SSSR count). The lowest BCUT2D eigenvalue weighted by Gasteiger charge is -2.06. The molecular formula is C18H20N2O2. The first-order valence-corrected chi connectivity index (χ1v) is 7.17. The van der Waals surface area contributed by atoms with Gasteiger partial charge in [-0.1, -0.05) is 29.8 Å². The maximum absolute atomic E-state index is 11.9. The molecule has 0 fully saturated rings. The third-order valence-corrected chi connectivity index (χ3v) is 3.44. The molecule has 1 aromatic heterocycles. The van der Waals surface area contributed by atoms with Crippen LogP contribution < -0.4 is 10.9 Å². The second kappa shape index (κ2) is 6.89. The van der Waals surface area contributed by atoms with E-state index >= 15 is 0 Å². The summed E-state index contributed by atoms with van der Waals surface area (Å²) in [5, 5.41) is 2.74. The third-order valence-electron chi connectivity index (χ3n) is 3.44. The van der Waals surface area contributed by atoms with Crippen LogP contribution in [0, 0.1) is 20.8 Å². The van der Waals surface area contributed by atoms with E-state index in [2.05, 4.69) is 10.3 Å². The Morgan fingerprint density at radius 1 is 1.18 bits per heavy atom. The number of aryl methyl sites for hydroxylation is 3. The molecule has 22 heavy (non-hydrogen) atoms. The predicted octanol–water partition coefficient (Wildman–Crippen LogP) is 2.63. The molecule has 0 bridgehead atoms. The Hall–Kier alpha value is -2.62. The molecule has 0 saturated heterocycles. The van der Waals surface area contributed by atoms with Gasteiger partial charge in [-0.05, 0) is 44.0 Å². The third kappa shape index (κ3) is 4.19. The van der Waals surface area contributed by atoms with Crippen molar-refractivity contribution in [3.63, 3.8) is 0 Å². The number of hydrogen-bond acceptors (Lipinski definition) is 2. The number of amides is 1. The van der Waals surface area contributed by atoms with E-state index in [1.54, 1.807) is 6.08 Å². The standard InChI is InChI=1S/C18H20N2O2/c1-12-4-6-15(7-5-12)8-9-17(21)19-11-16-13(2)10-14(3)20-18(16)22/h4-10H,11H2,1-3H3,(H,19,21)(H,20,22). The van der Waals surface area contributed by atoms with Crippen LogP contribution >= 0.6 is 0 Å². The highest BCUT2D eigenvalue weighted by Crippen LogP contribution is 2.05. The number of aromatic nitrogens is 1. The Balaban J connectivity index is 1.99. The number of nitrogens with one attached hydrogen (secondary N) is 2. The molecule has 0 aliphatic heterocycles. The minimum absolute atomic E-state index is 0.152. The van der Waals surface area contributed by atoms with Crippen LogP contribution in [0.4, 0.5) is 0 Å². The molecule has 0 saturated carbocycles. The number of rotatable bonds is 4. The number of carbonyl (C=O) groups excluding carboxylic acids is 1. The van der Waals surface area contributed by atoms with Crippen molar-refractivity contribution in [2.24, 2.45) is 0 Å². The molecule has 4 heteroatoms. The molecule has 2 aromatic rings. The van der Waals surface area contributed by atoms with Gasteiger partial charge in [-0.2, -0.15) is 0 Å². The fraction of sp³-hybridized carbons (Fsp3) is 0.222. The van der Waals surface area contributed by atoms with Gasteiger partial charge in [0.05, 0.1) is 0 Å². The number of pyridine rings is 1. The summed E-state index contributed by atoms with van der Waals surface area (Å²) < 4.78 is 0. The van der Waals surface area contributed by atoms with Crippen molar-refractivity contribution in [2.45, 2.75) is 27.3 Å². The van der Waals surface area contributed by atoms with Gasteiger partial charge in [-0.25, -0.2) is 0 Å². The first-order chi connectivity index (χ1) is 10.5. The van der Waals surface area contributed by atoms with E-state index in [4.69, 9.17) is 0 Å². The topological polar surface area (TPSA) is 62.0 Å². The van der Waals surface area contributed by atoms with Crippen molar-refractivity contribution >= 4 is 12.0 Å². The monoisotopic (exact) mass is 296 g/mol. The molecule has 1 amide bonds. The molecular weight excluding hydrogens is 276 g/mol. The normalized spacial score (nSPS) is 10.9. The van der Waals surface area contributed by atoms with E-state index in [0.29, 0.717) is 5.56 Å². The minimum atomic E-state index is -0.222. The summed E-state index contributed by atoms with van der Waals surface area (Å²) in [6.45, 7) is 5.94. The largest absolute Gasteiger partial charge is 0.348 e. The van der Waals surface area contributed by atoms with Gasteiger partial charge in [0.25, 0.3) is 5.56 Å². The Morgan fingerprint density at radius 2 is 1.86 bits per heavy atom. The SMILES string of the molecule is Cc1ccc(C=CC(=O)NCc2c(C)cc(C)[nH]c2=O)cc1. The smallest absolute Gasteiger partial charge is 0.253 e. The van der Waals surface area contributed by atoms with Crippen molar-refractivity contribution in [1.29, 1.82) is 0 Å². The summed E-state index contributed by atoms with van der Waals surface area (Å²) in [6, 6.07) is 9.78. The van der Waals surface area contributed by atoms with Crippen LogP contribution in [0.5, 0.6) is 0 Å². The van der Waals surface area contributed by atoms with E-state index < -0.39 is 0 Å². The average molecular weight is 296 g/mol. The van der Waals surface area contributed by atoms with Gasteiger partial charge in [0, 0.05) is 23.9 Å². The highest BCUT2D eigenvalue weighted by atomic mass is 16.1. The van der Waals surface area contributed by atoms with Gasteiger partial charge in [0.1, 0.15) is 0 Å². The molecule has 0 unspecified atom stereocenters. The van der Waals surface area contributed by atoms with Gasteiger partial charge < -0.3 is 10.3 Å². The zero-order valence-electron chi connectivity index (χ0n) is 13.1. The first kappa shape index (κ1) is 15.8. The quantitative estimate of drug-likeness (QED) is 0.852. The van der Waals surface area contributed by atoms with Crippen LogP contribution in [0.2, 0.25) is 0 Å². The molecule has 114 valence electrons. The highest BCUT2D eigenvalue weighted by Gasteiger charge is 2.06. The summed E-state index contributed by atoms with van der Waals surface area (Å²) in [4.78, 5) is 26.4. The highest BCUT2D eigenvalue weighted by molar-refractivity contribution is 5.91. The van der Waals surface area contributed by atoms with Crippen molar-refractivity contribution < 1.29 is 4.79 Å². The van der Waals surface area contributed by atoms with E-state index in [0.717, 1.165) is 16.8 Å². The Morgan fingerprint density at radius 3 is 2.50 bits per heavy atom. The van der Waals surface area contributed by atoms with Crippen molar-refractivity contribution in [2.75, 3.05) is 0 Å². The van der Waals surface area contributed by atoms with Crippen molar-refractivity contribution in [3.8, 4) is 0 Å². The molecule has 0 spiro atoms.